The van der Waals surface area contributed by atoms with Gasteiger partial charge in [0, 0.05) is 46.1 Å². The minimum atomic E-state index is -0.983. The summed E-state index contributed by atoms with van der Waals surface area (Å²) in [6.45, 7) is 20.9. The standard InChI is InChI=1S/C29H31N3O3.C29H29N3O3/c2*1-17-14-19(6-13-25(33)34)15-18(2)26(17)27-31-23-12-7-20(16-24(23)32-27)28(35)30-22-10-8-21(9-11-22)29(3,4)5/h7-12,14-16H,6,13H2,1-5H3,(H,30,35)(H,31,32)(H,33,34);6-16H,1-5H3,(H,30,35)(H,31,32)(H,33,34)/b;13-6+. The first-order chi connectivity index (χ1) is 33.0. The molecule has 12 nitrogen and oxygen atoms in total. The maximum absolute atomic E-state index is 12.9. The summed E-state index contributed by atoms with van der Waals surface area (Å²) in [5, 5.41) is 23.8. The van der Waals surface area contributed by atoms with Gasteiger partial charge >= 0.3 is 11.9 Å². The lowest BCUT2D eigenvalue weighted by atomic mass is 9.87. The third-order valence-electron chi connectivity index (χ3n) is 12.2. The van der Waals surface area contributed by atoms with Gasteiger partial charge in [-0.15, -0.1) is 0 Å². The van der Waals surface area contributed by atoms with Crippen molar-refractivity contribution in [3.05, 3.63) is 171 Å². The van der Waals surface area contributed by atoms with E-state index in [-0.39, 0.29) is 29.1 Å². The van der Waals surface area contributed by atoms with Crippen molar-refractivity contribution in [1.82, 2.24) is 19.9 Å². The van der Waals surface area contributed by atoms with Gasteiger partial charge in [0.2, 0.25) is 0 Å². The number of carboxylic acids is 2. The van der Waals surface area contributed by atoms with Crippen LogP contribution in [0.25, 0.3) is 50.9 Å². The minimum Gasteiger partial charge on any atom is -0.481 e. The number of H-pyrrole nitrogens is 2. The number of carbonyl (C=O) groups excluding carboxylic acids is 2. The number of fused-ring (bicyclic) bond motifs is 2. The molecule has 0 aliphatic carbocycles. The highest BCUT2D eigenvalue weighted by Crippen LogP contribution is 2.32. The van der Waals surface area contributed by atoms with Crippen LogP contribution in [0.2, 0.25) is 0 Å². The topological polar surface area (TPSA) is 190 Å². The second-order valence-electron chi connectivity index (χ2n) is 19.9. The molecule has 0 unspecified atom stereocenters. The number of rotatable bonds is 11. The van der Waals surface area contributed by atoms with E-state index in [0.29, 0.717) is 23.4 Å². The Morgan fingerprint density at radius 2 is 0.957 bits per heavy atom. The SMILES string of the molecule is Cc1cc(/C=C/C(=O)O)cc(C)c1-c1nc2ccc(C(=O)Nc3ccc(C(C)(C)C)cc3)cc2[nH]1.Cc1cc(CCC(=O)O)cc(C)c1-c1nc2ccc(C(=O)Nc3ccc(C(C)(C)C)cc3)cc2[nH]1. The number of aromatic nitrogens is 4. The van der Waals surface area contributed by atoms with Crippen LogP contribution in [-0.2, 0) is 26.8 Å². The van der Waals surface area contributed by atoms with Crippen LogP contribution in [0.15, 0.2) is 115 Å². The molecule has 0 aliphatic rings. The molecule has 0 aliphatic heterocycles. The number of imidazole rings is 2. The maximum atomic E-state index is 12.9. The Morgan fingerprint density at radius 1 is 0.557 bits per heavy atom. The van der Waals surface area contributed by atoms with Crippen LogP contribution >= 0.6 is 0 Å². The average molecular weight is 937 g/mol. The number of nitrogens with one attached hydrogen (secondary N) is 4. The summed E-state index contributed by atoms with van der Waals surface area (Å²) in [4.78, 5) is 63.7. The van der Waals surface area contributed by atoms with Crippen LogP contribution in [-0.4, -0.2) is 53.9 Å². The van der Waals surface area contributed by atoms with E-state index in [9.17, 15) is 19.2 Å². The zero-order valence-corrected chi connectivity index (χ0v) is 41.4. The van der Waals surface area contributed by atoms with Crippen LogP contribution in [0.3, 0.4) is 0 Å². The number of aromatic amines is 2. The third kappa shape index (κ3) is 11.9. The molecule has 6 aromatic carbocycles. The van der Waals surface area contributed by atoms with E-state index in [0.717, 1.165) is 89.8 Å². The van der Waals surface area contributed by atoms with E-state index in [1.165, 1.54) is 11.1 Å². The van der Waals surface area contributed by atoms with Crippen molar-refractivity contribution in [3.8, 4) is 22.8 Å². The fourth-order valence-electron chi connectivity index (χ4n) is 8.51. The van der Waals surface area contributed by atoms with Gasteiger partial charge in [-0.05, 0) is 156 Å². The number of aryl methyl sites for hydroxylation is 5. The fraction of sp³-hybridized carbons (Fsp3) is 0.241. The molecule has 8 rings (SSSR count). The minimum absolute atomic E-state index is 0.0537. The van der Waals surface area contributed by atoms with E-state index >= 15 is 0 Å². The van der Waals surface area contributed by atoms with Crippen LogP contribution in [0.5, 0.6) is 0 Å². The van der Waals surface area contributed by atoms with Gasteiger partial charge < -0.3 is 30.8 Å². The van der Waals surface area contributed by atoms with Crippen LogP contribution in [0.4, 0.5) is 11.4 Å². The van der Waals surface area contributed by atoms with E-state index in [1.807, 2.05) is 119 Å². The molecule has 2 heterocycles. The van der Waals surface area contributed by atoms with Gasteiger partial charge in [-0.2, -0.15) is 0 Å². The van der Waals surface area contributed by atoms with Gasteiger partial charge in [-0.3, -0.25) is 14.4 Å². The van der Waals surface area contributed by atoms with Gasteiger partial charge in [0.15, 0.2) is 0 Å². The molecule has 8 aromatic rings. The van der Waals surface area contributed by atoms with Crippen molar-refractivity contribution in [3.63, 3.8) is 0 Å². The van der Waals surface area contributed by atoms with Crippen LogP contribution in [0, 0.1) is 27.7 Å². The normalized spacial score (nSPS) is 11.7. The van der Waals surface area contributed by atoms with Crippen molar-refractivity contribution in [2.75, 3.05) is 10.6 Å². The van der Waals surface area contributed by atoms with Gasteiger partial charge in [0.05, 0.1) is 22.1 Å². The number of amides is 2. The Hall–Kier alpha value is -8.12. The molecule has 0 saturated heterocycles. The third-order valence-corrected chi connectivity index (χ3v) is 12.2. The molecule has 0 spiro atoms. The quantitative estimate of drug-likeness (QED) is 0.0690. The molecule has 12 heteroatoms. The molecular formula is C58H60N6O6. The Balaban J connectivity index is 0.000000206. The number of hydrogen-bond acceptors (Lipinski definition) is 6. The Labute approximate surface area is 408 Å². The fourth-order valence-corrected chi connectivity index (χ4v) is 8.51. The van der Waals surface area contributed by atoms with E-state index in [2.05, 4.69) is 62.1 Å². The predicted molar refractivity (Wildman–Crippen MR) is 281 cm³/mol. The van der Waals surface area contributed by atoms with E-state index < -0.39 is 11.9 Å². The number of carbonyl (C=O) groups is 4. The predicted octanol–water partition coefficient (Wildman–Crippen LogP) is 12.9. The molecule has 0 saturated carbocycles. The first-order valence-corrected chi connectivity index (χ1v) is 23.2. The molecule has 0 bridgehead atoms. The molecule has 0 radical (unpaired) electrons. The molecule has 358 valence electrons. The second-order valence-corrected chi connectivity index (χ2v) is 19.9. The molecule has 6 N–H and O–H groups in total. The van der Waals surface area contributed by atoms with Crippen molar-refractivity contribution >= 4 is 63.3 Å². The summed E-state index contributed by atoms with van der Waals surface area (Å²) in [6.07, 6.45) is 3.30. The lowest BCUT2D eigenvalue weighted by molar-refractivity contribution is -0.137. The molecular weight excluding hydrogens is 877 g/mol. The summed E-state index contributed by atoms with van der Waals surface area (Å²) in [5.74, 6) is -0.712. The number of aliphatic carboxylic acids is 2. The van der Waals surface area contributed by atoms with Gasteiger partial charge in [-0.25, -0.2) is 14.8 Å². The zero-order chi connectivity index (χ0) is 50.7. The number of nitrogens with zero attached hydrogens (tertiary/aromatic N) is 2. The van der Waals surface area contributed by atoms with Gasteiger partial charge in [0.25, 0.3) is 11.8 Å². The van der Waals surface area contributed by atoms with E-state index in [4.69, 9.17) is 20.2 Å². The number of anilines is 2. The molecule has 2 aromatic heterocycles. The molecule has 2 amide bonds. The summed E-state index contributed by atoms with van der Waals surface area (Å²) in [5.41, 5.74) is 16.0. The van der Waals surface area contributed by atoms with Crippen molar-refractivity contribution in [1.29, 1.82) is 0 Å². The summed E-state index contributed by atoms with van der Waals surface area (Å²) in [7, 11) is 0. The largest absolute Gasteiger partial charge is 0.481 e. The number of carboxylic acid groups (broad SMARTS) is 2. The van der Waals surface area contributed by atoms with Gasteiger partial charge in [-0.1, -0.05) is 90.1 Å². The van der Waals surface area contributed by atoms with Crippen LogP contribution < -0.4 is 10.6 Å². The summed E-state index contributed by atoms with van der Waals surface area (Å²) < 4.78 is 0. The maximum Gasteiger partial charge on any atom is 0.328 e. The first kappa shape index (κ1) is 49.8. The summed E-state index contributed by atoms with van der Waals surface area (Å²) >= 11 is 0. The average Bonchev–Trinajstić information content (AvgIpc) is 3.90. The van der Waals surface area contributed by atoms with Gasteiger partial charge in [0.1, 0.15) is 11.6 Å². The highest BCUT2D eigenvalue weighted by molar-refractivity contribution is 6.07. The highest BCUT2D eigenvalue weighted by atomic mass is 16.4. The van der Waals surface area contributed by atoms with E-state index in [1.54, 1.807) is 24.3 Å². The number of hydrogen-bond donors (Lipinski definition) is 6. The smallest absolute Gasteiger partial charge is 0.328 e. The van der Waals surface area contributed by atoms with Crippen molar-refractivity contribution in [2.24, 2.45) is 0 Å². The number of benzene rings is 6. The first-order valence-electron chi connectivity index (χ1n) is 23.2. The molecule has 0 fully saturated rings. The lowest BCUT2D eigenvalue weighted by Crippen LogP contribution is -2.13. The Morgan fingerprint density at radius 3 is 1.33 bits per heavy atom. The monoisotopic (exact) mass is 936 g/mol. The Kier molecular flexibility index (Phi) is 14.4. The zero-order valence-electron chi connectivity index (χ0n) is 41.4. The molecule has 70 heavy (non-hydrogen) atoms. The van der Waals surface area contributed by atoms with Crippen molar-refractivity contribution in [2.45, 2.75) is 92.9 Å². The Bertz CT molecular complexity index is 3260. The molecule has 0 atom stereocenters. The van der Waals surface area contributed by atoms with Crippen LogP contribution in [0.1, 0.15) is 113 Å². The highest BCUT2D eigenvalue weighted by Gasteiger charge is 2.18. The second kappa shape index (κ2) is 20.2. The lowest BCUT2D eigenvalue weighted by Gasteiger charge is -2.19. The summed E-state index contributed by atoms with van der Waals surface area (Å²) in [6, 6.07) is 34.6. The van der Waals surface area contributed by atoms with Crippen molar-refractivity contribution < 1.29 is 29.4 Å².